The number of rotatable bonds is 5. The predicted octanol–water partition coefficient (Wildman–Crippen LogP) is 6.04. The zero-order valence-corrected chi connectivity index (χ0v) is 19.7. The molecule has 0 bridgehead atoms. The van der Waals surface area contributed by atoms with Crippen molar-refractivity contribution in [2.45, 2.75) is 51.2 Å². The molecule has 2 aromatic carbocycles. The Hall–Kier alpha value is -3.87. The molecule has 174 valence electrons. The van der Waals surface area contributed by atoms with E-state index in [9.17, 15) is 4.79 Å². The maximum Gasteiger partial charge on any atom is 0.408 e. The molecule has 7 heteroatoms. The van der Waals surface area contributed by atoms with Crippen molar-refractivity contribution in [3.63, 3.8) is 0 Å². The van der Waals surface area contributed by atoms with Crippen molar-refractivity contribution in [3.8, 4) is 33.6 Å². The van der Waals surface area contributed by atoms with Gasteiger partial charge in [0.15, 0.2) is 0 Å². The van der Waals surface area contributed by atoms with Crippen LogP contribution in [0.1, 0.15) is 45.9 Å². The average molecular weight is 456 g/mol. The van der Waals surface area contributed by atoms with Gasteiger partial charge in [-0.2, -0.15) is 0 Å². The number of carbonyl (C=O) groups is 1. The fourth-order valence-electron chi connectivity index (χ4n) is 4.26. The Morgan fingerprint density at radius 3 is 2.00 bits per heavy atom. The second-order valence-electron chi connectivity index (χ2n) is 9.83. The third-order valence-electron chi connectivity index (χ3n) is 6.20. The van der Waals surface area contributed by atoms with Crippen LogP contribution in [0.15, 0.2) is 67.3 Å². The number of H-pyrrole nitrogens is 2. The number of benzene rings is 2. The van der Waals surface area contributed by atoms with Crippen LogP contribution in [0, 0.1) is 0 Å². The van der Waals surface area contributed by atoms with E-state index in [0.717, 1.165) is 58.7 Å². The third kappa shape index (κ3) is 4.46. The lowest BCUT2D eigenvalue weighted by molar-refractivity contribution is 0.0366. The Morgan fingerprint density at radius 1 is 0.912 bits per heavy atom. The van der Waals surface area contributed by atoms with Gasteiger partial charge in [0, 0.05) is 0 Å². The number of hydrogen-bond donors (Lipinski definition) is 3. The zero-order chi connectivity index (χ0) is 23.8. The molecule has 0 unspecified atom stereocenters. The van der Waals surface area contributed by atoms with E-state index < -0.39 is 17.2 Å². The fraction of sp³-hybridized carbons (Fsp3) is 0.296. The molecule has 0 radical (unpaired) electrons. The molecule has 1 amide bonds. The first kappa shape index (κ1) is 21.9. The third-order valence-corrected chi connectivity index (χ3v) is 6.20. The molecule has 0 saturated heterocycles. The number of alkyl carbamates (subject to hydrolysis) is 1. The summed E-state index contributed by atoms with van der Waals surface area (Å²) in [6, 6.07) is 16.8. The molecule has 1 fully saturated rings. The quantitative estimate of drug-likeness (QED) is 0.342. The van der Waals surface area contributed by atoms with Gasteiger partial charge in [0.25, 0.3) is 0 Å². The van der Waals surface area contributed by atoms with Gasteiger partial charge < -0.3 is 20.0 Å². The maximum atomic E-state index is 12.4. The van der Waals surface area contributed by atoms with Gasteiger partial charge in [-0.25, -0.2) is 14.8 Å². The SMILES string of the molecule is CC(C)(C)OC(=O)NC1(c2ncc(-c3ccc(-c4ccc(-c5cnc[nH]5)cc4)cc3)[nH]2)CCC1. The molecule has 1 aliphatic rings. The van der Waals surface area contributed by atoms with Crippen LogP contribution in [0.4, 0.5) is 4.79 Å². The summed E-state index contributed by atoms with van der Waals surface area (Å²) in [5, 5.41) is 3.05. The highest BCUT2D eigenvalue weighted by molar-refractivity contribution is 5.72. The minimum absolute atomic E-state index is 0.409. The van der Waals surface area contributed by atoms with Crippen molar-refractivity contribution in [2.75, 3.05) is 0 Å². The van der Waals surface area contributed by atoms with Crippen LogP contribution in [0.5, 0.6) is 0 Å². The van der Waals surface area contributed by atoms with Gasteiger partial charge in [-0.15, -0.1) is 0 Å². The van der Waals surface area contributed by atoms with Crippen molar-refractivity contribution in [1.29, 1.82) is 0 Å². The van der Waals surface area contributed by atoms with E-state index in [-0.39, 0.29) is 0 Å². The zero-order valence-electron chi connectivity index (χ0n) is 19.7. The number of nitrogens with zero attached hydrogens (tertiary/aromatic N) is 2. The number of aromatic nitrogens is 4. The smallest absolute Gasteiger partial charge is 0.408 e. The van der Waals surface area contributed by atoms with E-state index in [1.54, 1.807) is 6.33 Å². The summed E-state index contributed by atoms with van der Waals surface area (Å²) < 4.78 is 5.47. The molecule has 1 aliphatic carbocycles. The second-order valence-corrected chi connectivity index (χ2v) is 9.83. The molecule has 2 heterocycles. The van der Waals surface area contributed by atoms with Gasteiger partial charge in [0.05, 0.1) is 30.1 Å². The first-order valence-corrected chi connectivity index (χ1v) is 11.6. The van der Waals surface area contributed by atoms with Gasteiger partial charge in [0.1, 0.15) is 17.0 Å². The van der Waals surface area contributed by atoms with Crippen molar-refractivity contribution in [2.24, 2.45) is 0 Å². The highest BCUT2D eigenvalue weighted by Gasteiger charge is 2.43. The topological polar surface area (TPSA) is 95.7 Å². The highest BCUT2D eigenvalue weighted by atomic mass is 16.6. The molecule has 0 spiro atoms. The van der Waals surface area contributed by atoms with Crippen molar-refractivity contribution < 1.29 is 9.53 Å². The predicted molar refractivity (Wildman–Crippen MR) is 132 cm³/mol. The van der Waals surface area contributed by atoms with Crippen LogP contribution < -0.4 is 5.32 Å². The van der Waals surface area contributed by atoms with Crippen molar-refractivity contribution in [1.82, 2.24) is 25.3 Å². The van der Waals surface area contributed by atoms with Crippen molar-refractivity contribution >= 4 is 6.09 Å². The number of ether oxygens (including phenoxy) is 1. The van der Waals surface area contributed by atoms with Crippen LogP contribution in [-0.4, -0.2) is 31.6 Å². The molecule has 2 aromatic heterocycles. The summed E-state index contributed by atoms with van der Waals surface area (Å²) in [7, 11) is 0. The standard InChI is InChI=1S/C27H29N5O2/c1-26(2,3)34-25(33)32-27(13-4-14-27)24-29-16-23(31-24)21-11-7-19(8-12-21)18-5-9-20(10-6-18)22-15-28-17-30-22/h5-12,15-17H,4,13-14H2,1-3H3,(H,28,30)(H,29,31)(H,32,33). The molecule has 3 N–H and O–H groups in total. The van der Waals surface area contributed by atoms with Crippen LogP contribution in [0.2, 0.25) is 0 Å². The Morgan fingerprint density at radius 2 is 1.50 bits per heavy atom. The van der Waals surface area contributed by atoms with E-state index in [1.165, 1.54) is 0 Å². The molecule has 4 aromatic rings. The Balaban J connectivity index is 1.31. The maximum absolute atomic E-state index is 12.4. The first-order chi connectivity index (χ1) is 16.3. The highest BCUT2D eigenvalue weighted by Crippen LogP contribution is 2.40. The summed E-state index contributed by atoms with van der Waals surface area (Å²) in [6.07, 6.45) is 7.65. The Labute approximate surface area is 199 Å². The molecule has 1 saturated carbocycles. The molecule has 0 atom stereocenters. The molecule has 7 nitrogen and oxygen atoms in total. The second kappa shape index (κ2) is 8.48. The number of carbonyl (C=O) groups excluding carboxylic acids is 1. The van der Waals surface area contributed by atoms with Gasteiger partial charge in [0.2, 0.25) is 0 Å². The summed E-state index contributed by atoms with van der Waals surface area (Å²) in [6.45, 7) is 5.59. The van der Waals surface area contributed by atoms with Gasteiger partial charge in [-0.05, 0) is 62.3 Å². The minimum atomic E-state index is -0.537. The normalized spacial score (nSPS) is 14.9. The summed E-state index contributed by atoms with van der Waals surface area (Å²) >= 11 is 0. The summed E-state index contributed by atoms with van der Waals surface area (Å²) in [5.74, 6) is 0.776. The number of amides is 1. The number of nitrogens with one attached hydrogen (secondary N) is 3. The van der Waals surface area contributed by atoms with Crippen LogP contribution in [0.25, 0.3) is 33.6 Å². The molecule has 0 aliphatic heterocycles. The Bertz CT molecular complexity index is 1260. The van der Waals surface area contributed by atoms with Crippen LogP contribution >= 0.6 is 0 Å². The Kier molecular flexibility index (Phi) is 5.48. The molecule has 5 rings (SSSR count). The number of imidazole rings is 2. The van der Waals surface area contributed by atoms with E-state index in [0.29, 0.717) is 0 Å². The largest absolute Gasteiger partial charge is 0.444 e. The summed E-state index contributed by atoms with van der Waals surface area (Å²) in [5.41, 5.74) is 5.34. The van der Waals surface area contributed by atoms with E-state index >= 15 is 0 Å². The van der Waals surface area contributed by atoms with E-state index in [4.69, 9.17) is 4.74 Å². The first-order valence-electron chi connectivity index (χ1n) is 11.6. The molecular formula is C27H29N5O2. The van der Waals surface area contributed by atoms with Crippen molar-refractivity contribution in [3.05, 3.63) is 73.1 Å². The average Bonchev–Trinajstić information content (AvgIpc) is 3.48. The lowest BCUT2D eigenvalue weighted by Crippen LogP contribution is -2.52. The van der Waals surface area contributed by atoms with Crippen LogP contribution in [0.3, 0.4) is 0 Å². The van der Waals surface area contributed by atoms with Crippen LogP contribution in [-0.2, 0) is 10.3 Å². The lowest BCUT2D eigenvalue weighted by atomic mass is 9.76. The number of aromatic amines is 2. The van der Waals surface area contributed by atoms with Gasteiger partial charge in [-0.1, -0.05) is 48.5 Å². The number of hydrogen-bond acceptors (Lipinski definition) is 4. The fourth-order valence-corrected chi connectivity index (χ4v) is 4.26. The monoisotopic (exact) mass is 455 g/mol. The van der Waals surface area contributed by atoms with E-state index in [2.05, 4.69) is 73.8 Å². The van der Waals surface area contributed by atoms with Gasteiger partial charge in [-0.3, -0.25) is 0 Å². The molecular weight excluding hydrogens is 426 g/mol. The lowest BCUT2D eigenvalue weighted by Gasteiger charge is -2.40. The minimum Gasteiger partial charge on any atom is -0.444 e. The van der Waals surface area contributed by atoms with E-state index in [1.807, 2.05) is 33.2 Å². The summed E-state index contributed by atoms with van der Waals surface area (Å²) in [4.78, 5) is 27.7. The van der Waals surface area contributed by atoms with Gasteiger partial charge >= 0.3 is 6.09 Å². The molecule has 34 heavy (non-hydrogen) atoms.